The number of aryl methyl sites for hydroxylation is 1. The fourth-order valence-electron chi connectivity index (χ4n) is 5.35. The summed E-state index contributed by atoms with van der Waals surface area (Å²) >= 11 is 1.44. The van der Waals surface area contributed by atoms with Crippen LogP contribution in [0.2, 0.25) is 0 Å². The number of thiophene rings is 1. The summed E-state index contributed by atoms with van der Waals surface area (Å²) in [6, 6.07) is 0. The molecule has 4 atom stereocenters. The molecule has 2 fully saturated rings. The van der Waals surface area contributed by atoms with Gasteiger partial charge in [-0.2, -0.15) is 0 Å². The van der Waals surface area contributed by atoms with Crippen LogP contribution in [0, 0.1) is 23.7 Å². The van der Waals surface area contributed by atoms with E-state index in [1.54, 1.807) is 13.8 Å². The van der Waals surface area contributed by atoms with E-state index in [9.17, 15) is 19.5 Å². The highest BCUT2D eigenvalue weighted by Crippen LogP contribution is 2.52. The summed E-state index contributed by atoms with van der Waals surface area (Å²) < 4.78 is 5.43. The van der Waals surface area contributed by atoms with Gasteiger partial charge in [-0.15, -0.1) is 11.3 Å². The van der Waals surface area contributed by atoms with Crippen LogP contribution in [0.4, 0.5) is 5.00 Å². The standard InChI is InChI=1S/C21H27NO5S/c1-10(2)27-21(26)17-13-5-3-4-6-14(13)28-19(17)22-18(23)15-11-7-8-12(9-11)16(15)20(24)25/h10-12,15-16H,3-9H2,1-2H3,(H,22,23)(H,24,25)/p-1/t11-,12+,15-,16+/m1/s1. The van der Waals surface area contributed by atoms with Crippen LogP contribution in [-0.4, -0.2) is 23.9 Å². The number of hydrogen-bond acceptors (Lipinski definition) is 6. The highest BCUT2D eigenvalue weighted by atomic mass is 32.1. The Morgan fingerprint density at radius 2 is 1.79 bits per heavy atom. The molecule has 7 heteroatoms. The first-order valence-electron chi connectivity index (χ1n) is 10.2. The maximum atomic E-state index is 13.1. The Morgan fingerprint density at radius 1 is 1.11 bits per heavy atom. The van der Waals surface area contributed by atoms with Crippen molar-refractivity contribution in [2.24, 2.45) is 23.7 Å². The maximum absolute atomic E-state index is 13.1. The largest absolute Gasteiger partial charge is 0.550 e. The minimum absolute atomic E-state index is 0.0349. The average Bonchev–Trinajstić information content (AvgIpc) is 3.32. The Balaban J connectivity index is 1.62. The predicted molar refractivity (Wildman–Crippen MR) is 103 cm³/mol. The van der Waals surface area contributed by atoms with Crippen molar-refractivity contribution < 1.29 is 24.2 Å². The molecule has 152 valence electrons. The van der Waals surface area contributed by atoms with Gasteiger partial charge >= 0.3 is 5.97 Å². The third-order valence-corrected chi connectivity index (χ3v) is 7.65. The summed E-state index contributed by atoms with van der Waals surface area (Å²) in [5.41, 5.74) is 1.46. The molecule has 0 unspecified atom stereocenters. The van der Waals surface area contributed by atoms with Crippen molar-refractivity contribution in [3.8, 4) is 0 Å². The van der Waals surface area contributed by atoms with E-state index in [0.29, 0.717) is 10.6 Å². The summed E-state index contributed by atoms with van der Waals surface area (Å²) in [4.78, 5) is 38.6. The molecular formula is C21H26NO5S-. The molecule has 1 N–H and O–H groups in total. The first kappa shape index (κ1) is 19.4. The number of rotatable bonds is 5. The Hall–Kier alpha value is -1.89. The van der Waals surface area contributed by atoms with Crippen molar-refractivity contribution >= 4 is 34.2 Å². The number of fused-ring (bicyclic) bond motifs is 3. The van der Waals surface area contributed by atoms with Crippen LogP contribution in [0.25, 0.3) is 0 Å². The lowest BCUT2D eigenvalue weighted by Crippen LogP contribution is -2.44. The second-order valence-electron chi connectivity index (χ2n) is 8.56. The molecule has 1 heterocycles. The summed E-state index contributed by atoms with van der Waals surface area (Å²) in [7, 11) is 0. The van der Waals surface area contributed by atoms with Crippen LogP contribution in [-0.2, 0) is 27.2 Å². The predicted octanol–water partition coefficient (Wildman–Crippen LogP) is 2.54. The normalized spacial score (nSPS) is 28.2. The molecule has 3 aliphatic rings. The number of nitrogens with one attached hydrogen (secondary N) is 1. The SMILES string of the molecule is CC(C)OC(=O)c1c(NC(=O)[C@@H]2[C@@H]3CC[C@@H](C3)[C@@H]2C(=O)[O-])sc2c1CCCC2. The third-order valence-electron chi connectivity index (χ3n) is 6.45. The second kappa shape index (κ2) is 7.50. The maximum Gasteiger partial charge on any atom is 0.341 e. The van der Waals surface area contributed by atoms with E-state index in [2.05, 4.69) is 5.32 Å². The average molecular weight is 405 g/mol. The van der Waals surface area contributed by atoms with Crippen LogP contribution in [0.1, 0.15) is 66.8 Å². The molecule has 4 rings (SSSR count). The number of amides is 1. The molecule has 0 saturated heterocycles. The van der Waals surface area contributed by atoms with E-state index in [-0.39, 0.29) is 23.8 Å². The van der Waals surface area contributed by atoms with E-state index in [1.807, 2.05) is 0 Å². The Bertz CT molecular complexity index is 814. The van der Waals surface area contributed by atoms with Gasteiger partial charge in [-0.05, 0) is 76.2 Å². The smallest absolute Gasteiger partial charge is 0.341 e. The van der Waals surface area contributed by atoms with E-state index in [0.717, 1.165) is 55.4 Å². The highest BCUT2D eigenvalue weighted by molar-refractivity contribution is 7.17. The molecule has 0 spiro atoms. The summed E-state index contributed by atoms with van der Waals surface area (Å²) in [6.45, 7) is 3.60. The van der Waals surface area contributed by atoms with Crippen molar-refractivity contribution in [3.63, 3.8) is 0 Å². The molecule has 6 nitrogen and oxygen atoms in total. The molecule has 0 aromatic carbocycles. The second-order valence-corrected chi connectivity index (χ2v) is 9.67. The van der Waals surface area contributed by atoms with Gasteiger partial charge in [0.25, 0.3) is 0 Å². The van der Waals surface area contributed by atoms with Crippen LogP contribution in [0.5, 0.6) is 0 Å². The van der Waals surface area contributed by atoms with Crippen molar-refractivity contribution in [1.29, 1.82) is 0 Å². The number of aliphatic carboxylic acids is 1. The minimum Gasteiger partial charge on any atom is -0.550 e. The first-order chi connectivity index (χ1) is 13.4. The molecule has 1 aromatic heterocycles. The minimum atomic E-state index is -1.13. The number of carboxylic acid groups (broad SMARTS) is 1. The van der Waals surface area contributed by atoms with Gasteiger partial charge in [-0.25, -0.2) is 4.79 Å². The van der Waals surface area contributed by atoms with E-state index in [1.165, 1.54) is 11.3 Å². The van der Waals surface area contributed by atoms with Crippen LogP contribution >= 0.6 is 11.3 Å². The molecule has 2 saturated carbocycles. The molecule has 0 radical (unpaired) electrons. The Morgan fingerprint density at radius 3 is 2.46 bits per heavy atom. The van der Waals surface area contributed by atoms with Gasteiger partial charge in [0, 0.05) is 22.7 Å². The van der Waals surface area contributed by atoms with Gasteiger partial charge in [0.2, 0.25) is 5.91 Å². The molecule has 0 aliphatic heterocycles. The highest BCUT2D eigenvalue weighted by Gasteiger charge is 2.51. The number of carbonyl (C=O) groups is 3. The van der Waals surface area contributed by atoms with Gasteiger partial charge in [0.1, 0.15) is 5.00 Å². The van der Waals surface area contributed by atoms with Gasteiger partial charge in [0.15, 0.2) is 0 Å². The number of hydrogen-bond donors (Lipinski definition) is 1. The number of anilines is 1. The fourth-order valence-corrected chi connectivity index (χ4v) is 6.63. The topological polar surface area (TPSA) is 95.5 Å². The van der Waals surface area contributed by atoms with Gasteiger partial charge in [-0.3, -0.25) is 4.79 Å². The summed E-state index contributed by atoms with van der Waals surface area (Å²) in [6.07, 6.45) is 6.05. The lowest BCUT2D eigenvalue weighted by atomic mass is 9.78. The molecule has 28 heavy (non-hydrogen) atoms. The van der Waals surface area contributed by atoms with E-state index >= 15 is 0 Å². The Kier molecular flexibility index (Phi) is 5.21. The van der Waals surface area contributed by atoms with E-state index < -0.39 is 23.8 Å². The lowest BCUT2D eigenvalue weighted by Gasteiger charge is -2.30. The number of esters is 1. The number of carboxylic acids is 1. The van der Waals surface area contributed by atoms with Crippen LogP contribution < -0.4 is 10.4 Å². The molecule has 1 amide bonds. The third kappa shape index (κ3) is 3.34. The zero-order valence-electron chi connectivity index (χ0n) is 16.3. The molecular weight excluding hydrogens is 378 g/mol. The van der Waals surface area contributed by atoms with Gasteiger partial charge < -0.3 is 20.0 Å². The van der Waals surface area contributed by atoms with Crippen molar-refractivity contribution in [2.45, 2.75) is 64.9 Å². The van der Waals surface area contributed by atoms with Crippen LogP contribution in [0.15, 0.2) is 0 Å². The first-order valence-corrected chi connectivity index (χ1v) is 11.1. The lowest BCUT2D eigenvalue weighted by molar-refractivity contribution is -0.314. The zero-order chi connectivity index (χ0) is 20.0. The van der Waals surface area contributed by atoms with Crippen molar-refractivity contribution in [3.05, 3.63) is 16.0 Å². The summed E-state index contributed by atoms with van der Waals surface area (Å²) in [5.74, 6) is -3.00. The van der Waals surface area contributed by atoms with Crippen LogP contribution in [0.3, 0.4) is 0 Å². The summed E-state index contributed by atoms with van der Waals surface area (Å²) in [5, 5.41) is 15.1. The molecule has 2 bridgehead atoms. The Labute approximate surface area is 168 Å². The zero-order valence-corrected chi connectivity index (χ0v) is 17.1. The molecule has 3 aliphatic carbocycles. The monoisotopic (exact) mass is 404 g/mol. The number of carbonyl (C=O) groups excluding carboxylic acids is 3. The van der Waals surface area contributed by atoms with Gasteiger partial charge in [-0.1, -0.05) is 0 Å². The quantitative estimate of drug-likeness (QED) is 0.761. The van der Waals surface area contributed by atoms with E-state index in [4.69, 9.17) is 4.74 Å². The fraction of sp³-hybridized carbons (Fsp3) is 0.667. The van der Waals surface area contributed by atoms with Crippen molar-refractivity contribution in [1.82, 2.24) is 0 Å². The number of ether oxygens (including phenoxy) is 1. The van der Waals surface area contributed by atoms with Gasteiger partial charge in [0.05, 0.1) is 11.7 Å². The molecule has 1 aromatic rings. The van der Waals surface area contributed by atoms with Crippen molar-refractivity contribution in [2.75, 3.05) is 5.32 Å².